The fraction of sp³-hybridized carbons (Fsp3) is 0.361. The van der Waals surface area contributed by atoms with Gasteiger partial charge in [-0.1, -0.05) is 53.5 Å². The lowest BCUT2D eigenvalue weighted by molar-refractivity contribution is -0.0258. The summed E-state index contributed by atoms with van der Waals surface area (Å²) in [7, 11) is 6.08. The monoisotopic (exact) mass is 755 g/mol. The van der Waals surface area contributed by atoms with Crippen molar-refractivity contribution in [2.75, 3.05) is 32.7 Å². The van der Waals surface area contributed by atoms with Gasteiger partial charge in [-0.2, -0.15) is 0 Å². The molecular formula is C36H37Cl2F2N7O5. The summed E-state index contributed by atoms with van der Waals surface area (Å²) in [6.45, 7) is 1.24. The van der Waals surface area contributed by atoms with E-state index in [9.17, 15) is 23.5 Å². The van der Waals surface area contributed by atoms with E-state index in [1.54, 1.807) is 25.3 Å². The van der Waals surface area contributed by atoms with Crippen LogP contribution in [-0.2, 0) is 31.7 Å². The molecule has 274 valence electrons. The van der Waals surface area contributed by atoms with Crippen LogP contribution in [0.2, 0.25) is 10.0 Å². The van der Waals surface area contributed by atoms with Gasteiger partial charge in [-0.3, -0.25) is 13.9 Å². The number of anilines is 2. The van der Waals surface area contributed by atoms with Gasteiger partial charge in [-0.05, 0) is 50.4 Å². The van der Waals surface area contributed by atoms with Gasteiger partial charge in [-0.25, -0.2) is 28.5 Å². The third-order valence-corrected chi connectivity index (χ3v) is 10.1. The fourth-order valence-corrected chi connectivity index (χ4v) is 7.08. The zero-order valence-electron chi connectivity index (χ0n) is 28.8. The Balaban J connectivity index is 0.000000451. The number of aliphatic hydroxyl groups excluding tert-OH is 1. The third-order valence-electron chi connectivity index (χ3n) is 9.27. The number of nitrogens with one attached hydrogen (secondary N) is 2. The number of aromatic nitrogens is 5. The van der Waals surface area contributed by atoms with E-state index in [0.717, 1.165) is 47.0 Å². The van der Waals surface area contributed by atoms with Gasteiger partial charge in [-0.15, -0.1) is 0 Å². The number of likely N-dealkylation sites (N-methyl/N-ethyl adjacent to an activating group) is 1. The first-order valence-electron chi connectivity index (χ1n) is 16.6. The predicted octanol–water partition coefficient (Wildman–Crippen LogP) is 5.60. The van der Waals surface area contributed by atoms with E-state index >= 15 is 0 Å². The lowest BCUT2D eigenvalue weighted by atomic mass is 9.99. The lowest BCUT2D eigenvalue weighted by Gasteiger charge is -2.26. The second kappa shape index (κ2) is 15.6. The molecule has 1 fully saturated rings. The molecule has 5 aromatic rings. The first-order valence-corrected chi connectivity index (χ1v) is 17.3. The number of pyridine rings is 1. The standard InChI is InChI=1S/C30H24Cl2F2N6O3.C6H13NO2/c1-39-27-21(29(41)40(2)30(39)42)25(37-26(38-27)24(33)34)35-19-12-6-10-17(23(19)32)16-9-5-11-18(22(16)31)20-13-14-7-4-8-15(14)28(36-20)43-3;1-7-5-2-3-9-4-6(5)8/h5-6,9-13,24H,4,7-8H2,1-3H3,(H,35,37,38);5-8H,2-4H2,1H3. The Hall–Kier alpha value is -4.47. The molecule has 2 atom stereocenters. The maximum absolute atomic E-state index is 13.8. The number of hydrogen-bond donors (Lipinski definition) is 3. The number of rotatable bonds is 7. The Morgan fingerprint density at radius 2 is 1.71 bits per heavy atom. The molecule has 0 radical (unpaired) electrons. The molecule has 1 saturated heterocycles. The molecule has 4 heterocycles. The number of fused-ring (bicyclic) bond motifs is 2. The summed E-state index contributed by atoms with van der Waals surface area (Å²) in [5, 5.41) is 15.6. The Bertz CT molecular complexity index is 2270. The van der Waals surface area contributed by atoms with Crippen LogP contribution in [-0.4, -0.2) is 68.7 Å². The second-order valence-corrected chi connectivity index (χ2v) is 13.2. The van der Waals surface area contributed by atoms with Gasteiger partial charge in [0, 0.05) is 49.0 Å². The Morgan fingerprint density at radius 3 is 2.38 bits per heavy atom. The number of alkyl halides is 2. The van der Waals surface area contributed by atoms with E-state index in [-0.39, 0.29) is 39.7 Å². The first kappa shape index (κ1) is 37.3. The van der Waals surface area contributed by atoms with Gasteiger partial charge in [0.2, 0.25) is 5.88 Å². The van der Waals surface area contributed by atoms with Crippen molar-refractivity contribution in [3.05, 3.63) is 90.3 Å². The van der Waals surface area contributed by atoms with Crippen molar-refractivity contribution in [1.29, 1.82) is 0 Å². The van der Waals surface area contributed by atoms with Gasteiger partial charge in [0.05, 0.1) is 41.2 Å². The van der Waals surface area contributed by atoms with Crippen LogP contribution >= 0.6 is 23.2 Å². The summed E-state index contributed by atoms with van der Waals surface area (Å²) in [6.07, 6.45) is 0.418. The smallest absolute Gasteiger partial charge is 0.332 e. The van der Waals surface area contributed by atoms with Crippen LogP contribution in [0, 0.1) is 0 Å². The van der Waals surface area contributed by atoms with Crippen LogP contribution in [0.3, 0.4) is 0 Å². The van der Waals surface area contributed by atoms with E-state index in [2.05, 4.69) is 20.6 Å². The van der Waals surface area contributed by atoms with Crippen LogP contribution in [0.15, 0.2) is 52.1 Å². The number of ether oxygens (including phenoxy) is 2. The number of aliphatic hydroxyl groups is 1. The van der Waals surface area contributed by atoms with Gasteiger partial charge < -0.3 is 25.2 Å². The molecule has 0 saturated carbocycles. The number of hydrogen-bond acceptors (Lipinski definition) is 10. The van der Waals surface area contributed by atoms with Gasteiger partial charge in [0.1, 0.15) is 11.2 Å². The number of halogens is 4. The molecule has 0 spiro atoms. The minimum atomic E-state index is -3.06. The molecule has 12 nitrogen and oxygen atoms in total. The van der Waals surface area contributed by atoms with E-state index in [4.69, 9.17) is 37.7 Å². The summed E-state index contributed by atoms with van der Waals surface area (Å²) in [4.78, 5) is 38.0. The zero-order chi connectivity index (χ0) is 37.3. The van der Waals surface area contributed by atoms with Crippen molar-refractivity contribution in [1.82, 2.24) is 29.4 Å². The minimum Gasteiger partial charge on any atom is -0.481 e. The quantitative estimate of drug-likeness (QED) is 0.192. The van der Waals surface area contributed by atoms with E-state index in [1.165, 1.54) is 19.7 Å². The van der Waals surface area contributed by atoms with Crippen molar-refractivity contribution in [2.24, 2.45) is 14.1 Å². The number of methoxy groups -OCH3 is 1. The Morgan fingerprint density at radius 1 is 1.00 bits per heavy atom. The first-order chi connectivity index (χ1) is 24.9. The SMILES string of the molecule is CNC1CCOCC1O.COc1nc(-c2cccc(-c3cccc(Nc4nc(C(F)F)nc5c4c(=O)n(C)c(=O)n5C)c3Cl)c2Cl)cc2c1CCC2. The fourth-order valence-electron chi connectivity index (χ4n) is 6.48. The molecule has 1 aliphatic carbocycles. The third kappa shape index (κ3) is 7.13. The van der Waals surface area contributed by atoms with E-state index in [0.29, 0.717) is 39.9 Å². The molecule has 1 aliphatic heterocycles. The Kier molecular flexibility index (Phi) is 11.2. The van der Waals surface area contributed by atoms with Crippen LogP contribution in [0.1, 0.15) is 36.2 Å². The lowest BCUT2D eigenvalue weighted by Crippen LogP contribution is -2.44. The van der Waals surface area contributed by atoms with Crippen molar-refractivity contribution in [2.45, 2.75) is 44.3 Å². The molecule has 16 heteroatoms. The maximum atomic E-state index is 13.8. The van der Waals surface area contributed by atoms with Crippen molar-refractivity contribution in [3.8, 4) is 28.3 Å². The van der Waals surface area contributed by atoms with E-state index < -0.39 is 23.5 Å². The van der Waals surface area contributed by atoms with Crippen molar-refractivity contribution < 1.29 is 23.4 Å². The summed E-state index contributed by atoms with van der Waals surface area (Å²) in [5.41, 5.74) is 3.37. The zero-order valence-corrected chi connectivity index (χ0v) is 30.4. The largest absolute Gasteiger partial charge is 0.481 e. The molecule has 2 aromatic carbocycles. The molecule has 7 rings (SSSR count). The molecule has 3 aromatic heterocycles. The average Bonchev–Trinajstić information content (AvgIpc) is 3.63. The maximum Gasteiger partial charge on any atom is 0.332 e. The molecule has 0 amide bonds. The molecule has 0 bridgehead atoms. The van der Waals surface area contributed by atoms with Gasteiger partial charge in [0.25, 0.3) is 12.0 Å². The van der Waals surface area contributed by atoms with Gasteiger partial charge in [0.15, 0.2) is 11.5 Å². The summed E-state index contributed by atoms with van der Waals surface area (Å²) < 4.78 is 40.0. The molecule has 2 unspecified atom stereocenters. The summed E-state index contributed by atoms with van der Waals surface area (Å²) >= 11 is 13.9. The van der Waals surface area contributed by atoms with Crippen LogP contribution in [0.4, 0.5) is 20.3 Å². The summed E-state index contributed by atoms with van der Waals surface area (Å²) in [5.74, 6) is -0.483. The Labute approximate surface area is 307 Å². The number of benzene rings is 2. The molecular weight excluding hydrogens is 719 g/mol. The highest BCUT2D eigenvalue weighted by molar-refractivity contribution is 6.39. The molecule has 2 aliphatic rings. The van der Waals surface area contributed by atoms with Crippen molar-refractivity contribution in [3.63, 3.8) is 0 Å². The minimum absolute atomic E-state index is 0.146. The van der Waals surface area contributed by atoms with Crippen LogP contribution in [0.5, 0.6) is 5.88 Å². The highest BCUT2D eigenvalue weighted by atomic mass is 35.5. The normalized spacial score (nSPS) is 16.8. The van der Waals surface area contributed by atoms with E-state index in [1.807, 2.05) is 31.3 Å². The van der Waals surface area contributed by atoms with Crippen molar-refractivity contribution >= 4 is 45.7 Å². The van der Waals surface area contributed by atoms with Crippen LogP contribution in [0.25, 0.3) is 33.4 Å². The number of aryl methyl sites for hydroxylation is 2. The highest BCUT2D eigenvalue weighted by Crippen LogP contribution is 2.43. The van der Waals surface area contributed by atoms with Gasteiger partial charge >= 0.3 is 5.69 Å². The molecule has 52 heavy (non-hydrogen) atoms. The topological polar surface area (TPSA) is 145 Å². The second-order valence-electron chi connectivity index (χ2n) is 12.4. The summed E-state index contributed by atoms with van der Waals surface area (Å²) in [6, 6.07) is 12.9. The van der Waals surface area contributed by atoms with Crippen LogP contribution < -0.4 is 26.6 Å². The predicted molar refractivity (Wildman–Crippen MR) is 196 cm³/mol. The average molecular weight is 757 g/mol. The number of nitrogens with zero attached hydrogens (tertiary/aromatic N) is 5. The highest BCUT2D eigenvalue weighted by Gasteiger charge is 2.24. The molecule has 3 N–H and O–H groups in total.